The molecule has 3 heterocycles. The molecule has 1 saturated carbocycles. The number of aryl methyl sites for hydroxylation is 1. The molecule has 0 atom stereocenters. The van der Waals surface area contributed by atoms with Crippen molar-refractivity contribution in [3.05, 3.63) is 23.8 Å². The molecule has 1 aliphatic carbocycles. The summed E-state index contributed by atoms with van der Waals surface area (Å²) in [4.78, 5) is 18.8. The molecule has 2 amide bonds. The molecular weight excluding hydrogens is 414 g/mol. The summed E-state index contributed by atoms with van der Waals surface area (Å²) in [5, 5.41) is 0. The molecule has 3 aliphatic heterocycles. The van der Waals surface area contributed by atoms with Crippen molar-refractivity contribution in [2.45, 2.75) is 76.4 Å². The average Bonchev–Trinajstić information content (AvgIpc) is 2.82. The highest BCUT2D eigenvalue weighted by Gasteiger charge is 2.41. The molecule has 0 unspecified atom stereocenters. The Labute approximate surface area is 199 Å². The van der Waals surface area contributed by atoms with Gasteiger partial charge in [0.25, 0.3) is 0 Å². The lowest BCUT2D eigenvalue weighted by Gasteiger charge is -2.48. The Balaban J connectivity index is 1.09. The summed E-state index contributed by atoms with van der Waals surface area (Å²) in [6.07, 6.45) is 10.8. The predicted molar refractivity (Wildman–Crippen MR) is 130 cm³/mol. The fraction of sp³-hybridized carbons (Fsp3) is 0.741. The first-order valence-corrected chi connectivity index (χ1v) is 13.2. The number of benzene rings is 1. The van der Waals surface area contributed by atoms with Gasteiger partial charge in [0.15, 0.2) is 0 Å². The summed E-state index contributed by atoms with van der Waals surface area (Å²) in [5.41, 5.74) is 1.34. The molecule has 0 radical (unpaired) electrons. The molecule has 4 aliphatic rings. The summed E-state index contributed by atoms with van der Waals surface area (Å²) in [5.74, 6) is 2.53. The number of hydrogen-bond donors (Lipinski definition) is 0. The number of urea groups is 1. The lowest BCUT2D eigenvalue weighted by Crippen LogP contribution is -2.53. The number of hydrogen-bond acceptors (Lipinski definition) is 4. The van der Waals surface area contributed by atoms with Gasteiger partial charge in [0.05, 0.1) is 6.61 Å². The smallest absolute Gasteiger partial charge is 0.319 e. The Morgan fingerprint density at radius 1 is 1.12 bits per heavy atom. The Kier molecular flexibility index (Phi) is 6.73. The Bertz CT molecular complexity index is 824. The monoisotopic (exact) mass is 455 g/mol. The molecule has 0 aromatic heterocycles. The molecule has 5 rings (SSSR count). The van der Waals surface area contributed by atoms with Crippen molar-refractivity contribution < 1.29 is 14.3 Å². The zero-order valence-electron chi connectivity index (χ0n) is 20.6. The normalized spacial score (nSPS) is 23.5. The number of amides is 2. The Hall–Kier alpha value is -1.95. The third-order valence-electron chi connectivity index (χ3n) is 8.68. The van der Waals surface area contributed by atoms with Gasteiger partial charge in [-0.3, -0.25) is 0 Å². The predicted octanol–water partition coefficient (Wildman–Crippen LogP) is 4.56. The number of carbonyl (C=O) groups excluding carboxylic acids is 1. The second-order valence-electron chi connectivity index (χ2n) is 10.7. The largest absolute Gasteiger partial charge is 0.493 e. The van der Waals surface area contributed by atoms with E-state index in [1.54, 1.807) is 4.90 Å². The van der Waals surface area contributed by atoms with Crippen LogP contribution in [-0.2, 0) is 6.42 Å². The van der Waals surface area contributed by atoms with E-state index in [0.29, 0.717) is 5.92 Å². The van der Waals surface area contributed by atoms with Crippen molar-refractivity contribution in [3.8, 4) is 11.5 Å². The first-order valence-electron chi connectivity index (χ1n) is 13.2. The van der Waals surface area contributed by atoms with E-state index >= 15 is 0 Å². The van der Waals surface area contributed by atoms with E-state index in [1.807, 2.05) is 18.9 Å². The fourth-order valence-electron chi connectivity index (χ4n) is 5.87. The lowest BCUT2D eigenvalue weighted by atomic mass is 9.81. The molecule has 1 aromatic rings. The number of carbonyl (C=O) groups is 1. The van der Waals surface area contributed by atoms with Crippen molar-refractivity contribution in [2.75, 3.05) is 46.4 Å². The first-order chi connectivity index (χ1) is 16.0. The highest BCUT2D eigenvalue weighted by atomic mass is 16.5. The maximum atomic E-state index is 12.3. The average molecular weight is 456 g/mol. The van der Waals surface area contributed by atoms with Gasteiger partial charge < -0.3 is 24.2 Å². The van der Waals surface area contributed by atoms with Crippen LogP contribution >= 0.6 is 0 Å². The molecule has 6 heteroatoms. The van der Waals surface area contributed by atoms with Crippen molar-refractivity contribution in [2.24, 2.45) is 5.92 Å². The van der Waals surface area contributed by atoms with Gasteiger partial charge in [0.1, 0.15) is 17.1 Å². The molecule has 2 saturated heterocycles. The molecule has 1 aromatic carbocycles. The number of nitrogens with zero attached hydrogens (tertiary/aromatic N) is 3. The minimum absolute atomic E-state index is 0.0485. The fourth-order valence-corrected chi connectivity index (χ4v) is 5.87. The van der Waals surface area contributed by atoms with Crippen LogP contribution in [0.1, 0.15) is 63.9 Å². The van der Waals surface area contributed by atoms with Crippen LogP contribution in [0.2, 0.25) is 0 Å². The van der Waals surface area contributed by atoms with Gasteiger partial charge in [-0.05, 0) is 88.0 Å². The van der Waals surface area contributed by atoms with Crippen LogP contribution in [0, 0.1) is 5.92 Å². The van der Waals surface area contributed by atoms with Crippen molar-refractivity contribution >= 4 is 6.03 Å². The standard InChI is InChI=1S/C27H41N3O3/c1-3-28(2)26(31)30-15-10-21(11-16-30)20-32-24-7-8-25-22(19-24)9-12-27(33-25)13-17-29(18-14-27)23-5-4-6-23/h7-8,19,21,23H,3-6,9-18,20H2,1-2H3. The molecule has 33 heavy (non-hydrogen) atoms. The van der Waals surface area contributed by atoms with E-state index < -0.39 is 0 Å². The third kappa shape index (κ3) is 4.96. The highest BCUT2D eigenvalue weighted by Crippen LogP contribution is 2.42. The topological polar surface area (TPSA) is 45.2 Å². The van der Waals surface area contributed by atoms with Gasteiger partial charge in [0, 0.05) is 45.8 Å². The SMILES string of the molecule is CCN(C)C(=O)N1CCC(COc2ccc3c(c2)CCC2(CCN(C4CCC4)CC2)O3)CC1. The van der Waals surface area contributed by atoms with Crippen LogP contribution in [-0.4, -0.2) is 78.8 Å². The van der Waals surface area contributed by atoms with E-state index in [2.05, 4.69) is 23.1 Å². The van der Waals surface area contributed by atoms with E-state index in [9.17, 15) is 4.79 Å². The van der Waals surface area contributed by atoms with Gasteiger partial charge >= 0.3 is 6.03 Å². The number of ether oxygens (including phenoxy) is 2. The Morgan fingerprint density at radius 2 is 1.88 bits per heavy atom. The first kappa shape index (κ1) is 22.8. The van der Waals surface area contributed by atoms with Crippen LogP contribution in [0.25, 0.3) is 0 Å². The number of piperidine rings is 2. The zero-order chi connectivity index (χ0) is 22.8. The number of likely N-dealkylation sites (tertiary alicyclic amines) is 2. The van der Waals surface area contributed by atoms with Gasteiger partial charge in [-0.2, -0.15) is 0 Å². The van der Waals surface area contributed by atoms with Gasteiger partial charge in [-0.1, -0.05) is 6.42 Å². The molecule has 0 N–H and O–H groups in total. The maximum Gasteiger partial charge on any atom is 0.319 e. The van der Waals surface area contributed by atoms with Crippen LogP contribution in [0.4, 0.5) is 4.79 Å². The molecule has 1 spiro atoms. The molecule has 3 fully saturated rings. The van der Waals surface area contributed by atoms with Crippen LogP contribution in [0.3, 0.4) is 0 Å². The summed E-state index contributed by atoms with van der Waals surface area (Å²) >= 11 is 0. The minimum atomic E-state index is 0.0485. The second-order valence-corrected chi connectivity index (χ2v) is 10.7. The van der Waals surface area contributed by atoms with E-state index in [1.165, 1.54) is 37.9 Å². The number of rotatable bonds is 5. The maximum absolute atomic E-state index is 12.3. The van der Waals surface area contributed by atoms with E-state index in [4.69, 9.17) is 9.47 Å². The highest BCUT2D eigenvalue weighted by molar-refractivity contribution is 5.74. The Morgan fingerprint density at radius 3 is 2.55 bits per heavy atom. The second kappa shape index (κ2) is 9.73. The van der Waals surface area contributed by atoms with Crippen molar-refractivity contribution in [1.82, 2.24) is 14.7 Å². The van der Waals surface area contributed by atoms with Crippen LogP contribution < -0.4 is 9.47 Å². The van der Waals surface area contributed by atoms with Crippen LogP contribution in [0.15, 0.2) is 18.2 Å². The van der Waals surface area contributed by atoms with Crippen molar-refractivity contribution in [1.29, 1.82) is 0 Å². The van der Waals surface area contributed by atoms with Crippen molar-refractivity contribution in [3.63, 3.8) is 0 Å². The molecule has 0 bridgehead atoms. The summed E-state index contributed by atoms with van der Waals surface area (Å²) in [6, 6.07) is 7.41. The molecule has 182 valence electrons. The summed E-state index contributed by atoms with van der Waals surface area (Å²) < 4.78 is 12.8. The summed E-state index contributed by atoms with van der Waals surface area (Å²) in [6.45, 7) is 7.54. The third-order valence-corrected chi connectivity index (χ3v) is 8.68. The molecule has 6 nitrogen and oxygen atoms in total. The van der Waals surface area contributed by atoms with Crippen LogP contribution in [0.5, 0.6) is 11.5 Å². The van der Waals surface area contributed by atoms with E-state index in [0.717, 1.165) is 82.3 Å². The van der Waals surface area contributed by atoms with Gasteiger partial charge in [-0.15, -0.1) is 0 Å². The zero-order valence-corrected chi connectivity index (χ0v) is 20.6. The van der Waals surface area contributed by atoms with Gasteiger partial charge in [0.2, 0.25) is 0 Å². The van der Waals surface area contributed by atoms with E-state index in [-0.39, 0.29) is 11.6 Å². The quantitative estimate of drug-likeness (QED) is 0.653. The van der Waals surface area contributed by atoms with Gasteiger partial charge in [-0.25, -0.2) is 4.79 Å². The lowest BCUT2D eigenvalue weighted by molar-refractivity contribution is -0.0337. The number of fused-ring (bicyclic) bond motifs is 1. The minimum Gasteiger partial charge on any atom is -0.493 e. The summed E-state index contributed by atoms with van der Waals surface area (Å²) in [7, 11) is 1.87. The molecular formula is C27H41N3O3.